The van der Waals surface area contributed by atoms with Crippen molar-refractivity contribution in [1.82, 2.24) is 4.90 Å². The fraction of sp³-hybridized carbons (Fsp3) is 0.267. The summed E-state index contributed by atoms with van der Waals surface area (Å²) in [5.41, 5.74) is 8.12. The molecule has 0 atom stereocenters. The van der Waals surface area contributed by atoms with Crippen LogP contribution in [0.4, 0.5) is 4.39 Å². The average Bonchev–Trinajstić information content (AvgIpc) is 2.88. The molecule has 0 radical (unpaired) electrons. The predicted octanol–water partition coefficient (Wildman–Crippen LogP) is 2.54. The summed E-state index contributed by atoms with van der Waals surface area (Å²) in [6.07, 6.45) is 0.862. The Balaban J connectivity index is 1.70. The Bertz CT molecular complexity index is 653. The van der Waals surface area contributed by atoms with E-state index in [0.29, 0.717) is 5.56 Å². The monoisotopic (exact) mass is 290 g/mol. The number of hydrogen-bond donors (Lipinski definition) is 1. The van der Waals surface area contributed by atoms with Crippen molar-refractivity contribution in [3.8, 4) is 0 Å². The molecular weight excluding hydrogens is 275 g/mol. The summed E-state index contributed by atoms with van der Waals surface area (Å²) < 4.78 is 13.2. The first kappa shape index (κ1) is 13.3. The van der Waals surface area contributed by atoms with Crippen molar-refractivity contribution in [2.24, 2.45) is 5.73 Å². The van der Waals surface area contributed by atoms with E-state index in [4.69, 9.17) is 5.73 Å². The molecule has 104 valence electrons. The van der Waals surface area contributed by atoms with Crippen LogP contribution >= 0.6 is 11.3 Å². The van der Waals surface area contributed by atoms with Crippen molar-refractivity contribution in [1.29, 1.82) is 0 Å². The first-order valence-corrected chi connectivity index (χ1v) is 7.36. The fourth-order valence-corrected chi connectivity index (χ4v) is 3.44. The van der Waals surface area contributed by atoms with Gasteiger partial charge in [0.2, 0.25) is 5.91 Å². The second kappa shape index (κ2) is 5.34. The van der Waals surface area contributed by atoms with Gasteiger partial charge in [-0.05, 0) is 35.7 Å². The number of nitrogens with zero attached hydrogens (tertiary/aromatic N) is 1. The van der Waals surface area contributed by atoms with Crippen molar-refractivity contribution in [3.05, 3.63) is 57.0 Å². The lowest BCUT2D eigenvalue weighted by Crippen LogP contribution is -2.29. The van der Waals surface area contributed by atoms with Gasteiger partial charge in [-0.2, -0.15) is 0 Å². The Morgan fingerprint density at radius 3 is 2.95 bits per heavy atom. The summed E-state index contributed by atoms with van der Waals surface area (Å²) in [6, 6.07) is 6.86. The molecule has 1 aliphatic rings. The number of nitrogens with two attached hydrogens (primary N) is 1. The number of fused-ring (bicyclic) bond motifs is 1. The van der Waals surface area contributed by atoms with Crippen LogP contribution in [0.5, 0.6) is 0 Å². The number of rotatable bonds is 3. The molecule has 0 bridgehead atoms. The van der Waals surface area contributed by atoms with Crippen LogP contribution in [0.25, 0.3) is 0 Å². The number of halogens is 1. The van der Waals surface area contributed by atoms with E-state index in [9.17, 15) is 9.18 Å². The van der Waals surface area contributed by atoms with E-state index in [1.807, 2.05) is 12.1 Å². The van der Waals surface area contributed by atoms with Crippen LogP contribution in [0.3, 0.4) is 0 Å². The number of benzene rings is 1. The van der Waals surface area contributed by atoms with Crippen molar-refractivity contribution in [2.45, 2.75) is 19.5 Å². The first-order valence-electron chi connectivity index (χ1n) is 6.49. The van der Waals surface area contributed by atoms with Crippen molar-refractivity contribution in [2.75, 3.05) is 6.54 Å². The molecule has 0 saturated carbocycles. The maximum Gasteiger partial charge on any atom is 0.249 e. The molecule has 3 rings (SSSR count). The Morgan fingerprint density at radius 2 is 2.20 bits per heavy atom. The number of thiophene rings is 1. The molecule has 0 spiro atoms. The van der Waals surface area contributed by atoms with Gasteiger partial charge in [0.15, 0.2) is 0 Å². The van der Waals surface area contributed by atoms with Gasteiger partial charge in [0.25, 0.3) is 0 Å². The molecule has 20 heavy (non-hydrogen) atoms. The molecule has 1 aromatic carbocycles. The normalized spacial score (nSPS) is 15.1. The third-order valence-corrected chi connectivity index (χ3v) is 4.50. The molecule has 3 nitrogen and oxygen atoms in total. The molecular formula is C15H15FN2OS. The Hall–Kier alpha value is -1.72. The Morgan fingerprint density at radius 1 is 1.35 bits per heavy atom. The maximum absolute atomic E-state index is 13.2. The number of hydrogen-bond acceptors (Lipinski definition) is 3. The maximum atomic E-state index is 13.2. The van der Waals surface area contributed by atoms with Gasteiger partial charge in [0.05, 0.1) is 5.56 Å². The second-order valence-corrected chi connectivity index (χ2v) is 6.04. The van der Waals surface area contributed by atoms with E-state index in [1.54, 1.807) is 22.8 Å². The van der Waals surface area contributed by atoms with Gasteiger partial charge in [-0.15, -0.1) is 11.3 Å². The lowest BCUT2D eigenvalue weighted by molar-refractivity contribution is 0.100. The summed E-state index contributed by atoms with van der Waals surface area (Å²) in [5, 5.41) is 1.80. The molecule has 2 N–H and O–H groups in total. The molecule has 0 unspecified atom stereocenters. The van der Waals surface area contributed by atoms with Crippen LogP contribution in [0.15, 0.2) is 29.6 Å². The van der Waals surface area contributed by atoms with Gasteiger partial charge in [-0.1, -0.05) is 6.07 Å². The molecule has 5 heteroatoms. The SMILES string of the molecule is NC(=O)c1csc(CN2CCc3cc(F)ccc3C2)c1. The average molecular weight is 290 g/mol. The summed E-state index contributed by atoms with van der Waals surface area (Å²) in [4.78, 5) is 14.5. The zero-order chi connectivity index (χ0) is 14.1. The van der Waals surface area contributed by atoms with Crippen LogP contribution in [0.1, 0.15) is 26.4 Å². The zero-order valence-corrected chi connectivity index (χ0v) is 11.8. The second-order valence-electron chi connectivity index (χ2n) is 5.04. The highest BCUT2D eigenvalue weighted by Gasteiger charge is 2.17. The summed E-state index contributed by atoms with van der Waals surface area (Å²) in [6.45, 7) is 2.52. The minimum absolute atomic E-state index is 0.165. The van der Waals surface area contributed by atoms with Gasteiger partial charge < -0.3 is 5.73 Å². The fourth-order valence-electron chi connectivity index (χ4n) is 2.53. The van der Waals surface area contributed by atoms with Gasteiger partial charge in [-0.3, -0.25) is 9.69 Å². The molecule has 2 heterocycles. The summed E-state index contributed by atoms with van der Waals surface area (Å²) in [7, 11) is 0. The lowest BCUT2D eigenvalue weighted by Gasteiger charge is -2.28. The van der Waals surface area contributed by atoms with E-state index in [-0.39, 0.29) is 11.7 Å². The Kier molecular flexibility index (Phi) is 3.54. The standard InChI is InChI=1S/C15H15FN2OS/c16-13-2-1-11-7-18(4-3-10(11)5-13)8-14-6-12(9-20-14)15(17)19/h1-2,5-6,9H,3-4,7-8H2,(H2,17,19). The van der Waals surface area contributed by atoms with E-state index >= 15 is 0 Å². The van der Waals surface area contributed by atoms with Crippen molar-refractivity contribution in [3.63, 3.8) is 0 Å². The quantitative estimate of drug-likeness (QED) is 0.944. The van der Waals surface area contributed by atoms with Crippen LogP contribution in [0, 0.1) is 5.82 Å². The molecule has 1 aliphatic heterocycles. The van der Waals surface area contributed by atoms with Crippen LogP contribution in [-0.4, -0.2) is 17.4 Å². The van der Waals surface area contributed by atoms with Gasteiger partial charge in [0.1, 0.15) is 5.82 Å². The number of carbonyl (C=O) groups is 1. The molecule has 2 aromatic rings. The van der Waals surface area contributed by atoms with E-state index in [2.05, 4.69) is 4.90 Å². The largest absolute Gasteiger partial charge is 0.366 e. The minimum Gasteiger partial charge on any atom is -0.366 e. The number of primary amides is 1. The van der Waals surface area contributed by atoms with E-state index in [0.717, 1.165) is 36.5 Å². The highest BCUT2D eigenvalue weighted by molar-refractivity contribution is 7.10. The van der Waals surface area contributed by atoms with Crippen LogP contribution in [0.2, 0.25) is 0 Å². The topological polar surface area (TPSA) is 46.3 Å². The number of amides is 1. The van der Waals surface area contributed by atoms with Crippen molar-refractivity contribution < 1.29 is 9.18 Å². The van der Waals surface area contributed by atoms with Crippen LogP contribution in [-0.2, 0) is 19.5 Å². The van der Waals surface area contributed by atoms with E-state index < -0.39 is 0 Å². The number of carbonyl (C=O) groups excluding carboxylic acids is 1. The van der Waals surface area contributed by atoms with Gasteiger partial charge >= 0.3 is 0 Å². The first-order chi connectivity index (χ1) is 9.61. The van der Waals surface area contributed by atoms with E-state index in [1.165, 1.54) is 11.6 Å². The van der Waals surface area contributed by atoms with Gasteiger partial charge in [-0.25, -0.2) is 4.39 Å². The predicted molar refractivity (Wildman–Crippen MR) is 77.1 cm³/mol. The zero-order valence-electron chi connectivity index (χ0n) is 10.9. The van der Waals surface area contributed by atoms with Gasteiger partial charge in [0, 0.05) is 29.9 Å². The van der Waals surface area contributed by atoms with Crippen molar-refractivity contribution >= 4 is 17.2 Å². The summed E-state index contributed by atoms with van der Waals surface area (Å²) >= 11 is 1.55. The molecule has 0 aliphatic carbocycles. The third-order valence-electron chi connectivity index (χ3n) is 3.58. The lowest BCUT2D eigenvalue weighted by atomic mass is 9.99. The molecule has 0 fully saturated rings. The summed E-state index contributed by atoms with van der Waals surface area (Å²) in [5.74, 6) is -0.548. The highest BCUT2D eigenvalue weighted by atomic mass is 32.1. The molecule has 1 aromatic heterocycles. The minimum atomic E-state index is -0.382. The smallest absolute Gasteiger partial charge is 0.249 e. The molecule has 0 saturated heterocycles. The Labute approximate surface area is 120 Å². The third kappa shape index (κ3) is 2.73. The van der Waals surface area contributed by atoms with Crippen LogP contribution < -0.4 is 5.73 Å². The highest BCUT2D eigenvalue weighted by Crippen LogP contribution is 2.23. The molecule has 1 amide bonds.